The molecule has 2 aromatic rings. The molecule has 0 aromatic heterocycles. The predicted molar refractivity (Wildman–Crippen MR) is 83.7 cm³/mol. The van der Waals surface area contributed by atoms with E-state index in [1.165, 1.54) is 24.3 Å². The molecule has 0 saturated heterocycles. The molecule has 2 aromatic carbocycles. The third-order valence-corrected chi connectivity index (χ3v) is 3.15. The Bertz CT molecular complexity index is 721. The Hall–Kier alpha value is -2.12. The van der Waals surface area contributed by atoms with Crippen LogP contribution in [0.4, 0.5) is 18.9 Å². The molecule has 128 valence electrons. The minimum absolute atomic E-state index is 0.254. The standard InChI is InChI=1S/C15H10Cl2F3NO3/c16-9-1-6-13(12(17)7-9)23-8-14(22)21-10-2-4-11(5-3-10)24-15(18,19)20/h1-7H,8H2,(H,21,22). The average Bonchev–Trinajstić information content (AvgIpc) is 2.47. The van der Waals surface area contributed by atoms with Gasteiger partial charge in [0.05, 0.1) is 5.02 Å². The van der Waals surface area contributed by atoms with Crippen LogP contribution in [0.2, 0.25) is 10.0 Å². The van der Waals surface area contributed by atoms with Crippen molar-refractivity contribution in [3.63, 3.8) is 0 Å². The van der Waals surface area contributed by atoms with Crippen LogP contribution in [0.15, 0.2) is 42.5 Å². The summed E-state index contributed by atoms with van der Waals surface area (Å²) >= 11 is 11.6. The quantitative estimate of drug-likeness (QED) is 0.802. The van der Waals surface area contributed by atoms with Gasteiger partial charge in [-0.1, -0.05) is 23.2 Å². The SMILES string of the molecule is O=C(COc1ccc(Cl)cc1Cl)Nc1ccc(OC(F)(F)F)cc1. The molecule has 0 unspecified atom stereocenters. The molecule has 24 heavy (non-hydrogen) atoms. The fourth-order valence-electron chi connectivity index (χ4n) is 1.67. The second-order valence-corrected chi connectivity index (χ2v) is 5.33. The molecule has 0 atom stereocenters. The molecule has 2 rings (SSSR count). The summed E-state index contributed by atoms with van der Waals surface area (Å²) in [5.41, 5.74) is 0.292. The number of anilines is 1. The number of hydrogen-bond donors (Lipinski definition) is 1. The monoisotopic (exact) mass is 379 g/mol. The van der Waals surface area contributed by atoms with Crippen LogP contribution in [-0.2, 0) is 4.79 Å². The van der Waals surface area contributed by atoms with E-state index in [9.17, 15) is 18.0 Å². The molecule has 0 radical (unpaired) electrons. The van der Waals surface area contributed by atoms with E-state index in [2.05, 4.69) is 10.1 Å². The highest BCUT2D eigenvalue weighted by Crippen LogP contribution is 2.27. The highest BCUT2D eigenvalue weighted by Gasteiger charge is 2.30. The summed E-state index contributed by atoms with van der Waals surface area (Å²) in [6.07, 6.45) is -4.77. The van der Waals surface area contributed by atoms with Crippen LogP contribution in [-0.4, -0.2) is 18.9 Å². The summed E-state index contributed by atoms with van der Waals surface area (Å²) in [5.74, 6) is -0.611. The number of carbonyl (C=O) groups is 1. The molecule has 0 spiro atoms. The van der Waals surface area contributed by atoms with E-state index in [0.717, 1.165) is 12.1 Å². The second-order valence-electron chi connectivity index (χ2n) is 4.48. The highest BCUT2D eigenvalue weighted by molar-refractivity contribution is 6.35. The fraction of sp³-hybridized carbons (Fsp3) is 0.133. The minimum atomic E-state index is -4.77. The van der Waals surface area contributed by atoms with E-state index >= 15 is 0 Å². The summed E-state index contributed by atoms with van der Waals surface area (Å²) in [6, 6.07) is 9.25. The first-order valence-corrected chi connectivity index (χ1v) is 7.22. The van der Waals surface area contributed by atoms with Gasteiger partial charge >= 0.3 is 6.36 Å². The van der Waals surface area contributed by atoms with E-state index in [4.69, 9.17) is 27.9 Å². The van der Waals surface area contributed by atoms with Gasteiger partial charge in [-0.2, -0.15) is 0 Å². The van der Waals surface area contributed by atoms with Gasteiger partial charge < -0.3 is 14.8 Å². The number of amides is 1. The van der Waals surface area contributed by atoms with Crippen molar-refractivity contribution < 1.29 is 27.4 Å². The summed E-state index contributed by atoms with van der Waals surface area (Å²) in [7, 11) is 0. The van der Waals surface area contributed by atoms with Crippen molar-refractivity contribution in [2.45, 2.75) is 6.36 Å². The van der Waals surface area contributed by atoms with Gasteiger partial charge in [-0.3, -0.25) is 4.79 Å². The van der Waals surface area contributed by atoms with E-state index < -0.39 is 12.3 Å². The van der Waals surface area contributed by atoms with Gasteiger partial charge in [-0.05, 0) is 42.5 Å². The zero-order valence-electron chi connectivity index (χ0n) is 11.9. The van der Waals surface area contributed by atoms with Gasteiger partial charge in [0.2, 0.25) is 0 Å². The number of nitrogens with one attached hydrogen (secondary N) is 1. The molecule has 0 fully saturated rings. The molecule has 1 N–H and O–H groups in total. The molecule has 0 aliphatic rings. The van der Waals surface area contributed by atoms with Crippen LogP contribution in [0.5, 0.6) is 11.5 Å². The van der Waals surface area contributed by atoms with Gasteiger partial charge in [-0.25, -0.2) is 0 Å². The summed E-state index contributed by atoms with van der Waals surface area (Å²) in [6.45, 7) is -0.331. The van der Waals surface area contributed by atoms with Crippen molar-refractivity contribution >= 4 is 34.8 Å². The Labute approximate surface area is 145 Å². The van der Waals surface area contributed by atoms with Crippen molar-refractivity contribution in [1.82, 2.24) is 0 Å². The molecular weight excluding hydrogens is 370 g/mol. The van der Waals surface area contributed by atoms with Crippen LogP contribution < -0.4 is 14.8 Å². The van der Waals surface area contributed by atoms with E-state index in [1.807, 2.05) is 0 Å². The van der Waals surface area contributed by atoms with Gasteiger partial charge in [0.25, 0.3) is 5.91 Å². The van der Waals surface area contributed by atoms with Crippen LogP contribution >= 0.6 is 23.2 Å². The van der Waals surface area contributed by atoms with Gasteiger partial charge in [-0.15, -0.1) is 13.2 Å². The van der Waals surface area contributed by atoms with Crippen LogP contribution in [0.1, 0.15) is 0 Å². The molecule has 0 aliphatic carbocycles. The Morgan fingerprint density at radius 2 is 1.75 bits per heavy atom. The lowest BCUT2D eigenvalue weighted by atomic mass is 10.3. The molecule has 1 amide bonds. The minimum Gasteiger partial charge on any atom is -0.482 e. The maximum Gasteiger partial charge on any atom is 0.573 e. The van der Waals surface area contributed by atoms with Crippen molar-refractivity contribution in [3.8, 4) is 11.5 Å². The summed E-state index contributed by atoms with van der Waals surface area (Å²) in [4.78, 5) is 11.8. The first kappa shape index (κ1) is 18.2. The van der Waals surface area contributed by atoms with E-state index in [-0.39, 0.29) is 23.1 Å². The first-order chi connectivity index (χ1) is 11.2. The number of benzene rings is 2. The molecule has 4 nitrogen and oxygen atoms in total. The number of carbonyl (C=O) groups excluding carboxylic acids is 1. The maximum atomic E-state index is 12.0. The topological polar surface area (TPSA) is 47.6 Å². The Morgan fingerprint density at radius 1 is 1.08 bits per heavy atom. The second kappa shape index (κ2) is 7.63. The Morgan fingerprint density at radius 3 is 2.33 bits per heavy atom. The van der Waals surface area contributed by atoms with Crippen molar-refractivity contribution in [1.29, 1.82) is 0 Å². The van der Waals surface area contributed by atoms with E-state index in [0.29, 0.717) is 10.7 Å². The summed E-state index contributed by atoms with van der Waals surface area (Å²) < 4.78 is 45.1. The Balaban J connectivity index is 1.88. The third-order valence-electron chi connectivity index (χ3n) is 2.62. The Kier molecular flexibility index (Phi) is 5.80. The zero-order valence-corrected chi connectivity index (χ0v) is 13.4. The first-order valence-electron chi connectivity index (χ1n) is 6.46. The zero-order chi connectivity index (χ0) is 17.7. The van der Waals surface area contributed by atoms with Crippen LogP contribution in [0.3, 0.4) is 0 Å². The lowest BCUT2D eigenvalue weighted by Crippen LogP contribution is -2.20. The largest absolute Gasteiger partial charge is 0.573 e. The third kappa shape index (κ3) is 5.82. The highest BCUT2D eigenvalue weighted by atomic mass is 35.5. The number of halogens is 5. The van der Waals surface area contributed by atoms with Crippen molar-refractivity contribution in [2.24, 2.45) is 0 Å². The number of ether oxygens (including phenoxy) is 2. The fourth-order valence-corrected chi connectivity index (χ4v) is 2.14. The van der Waals surface area contributed by atoms with Crippen LogP contribution in [0.25, 0.3) is 0 Å². The average molecular weight is 380 g/mol. The lowest BCUT2D eigenvalue weighted by molar-refractivity contribution is -0.274. The van der Waals surface area contributed by atoms with Gasteiger partial charge in [0, 0.05) is 10.7 Å². The smallest absolute Gasteiger partial charge is 0.482 e. The number of rotatable bonds is 5. The van der Waals surface area contributed by atoms with Crippen molar-refractivity contribution in [2.75, 3.05) is 11.9 Å². The van der Waals surface area contributed by atoms with Gasteiger partial charge in [0.15, 0.2) is 6.61 Å². The molecule has 0 saturated carbocycles. The normalized spacial score (nSPS) is 11.0. The van der Waals surface area contributed by atoms with Crippen molar-refractivity contribution in [3.05, 3.63) is 52.5 Å². The number of alkyl halides is 3. The lowest BCUT2D eigenvalue weighted by Gasteiger charge is -2.11. The molecule has 0 aliphatic heterocycles. The number of hydrogen-bond acceptors (Lipinski definition) is 3. The molecule has 0 bridgehead atoms. The van der Waals surface area contributed by atoms with Gasteiger partial charge in [0.1, 0.15) is 11.5 Å². The molecule has 9 heteroatoms. The molecular formula is C15H10Cl2F3NO3. The van der Waals surface area contributed by atoms with Crippen LogP contribution in [0, 0.1) is 0 Å². The predicted octanol–water partition coefficient (Wildman–Crippen LogP) is 4.91. The summed E-state index contributed by atoms with van der Waals surface area (Å²) in [5, 5.41) is 3.15. The molecule has 0 heterocycles. The van der Waals surface area contributed by atoms with E-state index in [1.54, 1.807) is 6.07 Å². The maximum absolute atomic E-state index is 12.0.